The lowest BCUT2D eigenvalue weighted by atomic mass is 10.2. The van der Waals surface area contributed by atoms with Gasteiger partial charge < -0.3 is 9.88 Å². The molecule has 1 aliphatic rings. The maximum atomic E-state index is 12.7. The number of alkyl halides is 3. The molecule has 2 rings (SSSR count). The summed E-state index contributed by atoms with van der Waals surface area (Å²) in [7, 11) is 0. The summed E-state index contributed by atoms with van der Waals surface area (Å²) in [5.41, 5.74) is -0.843. The van der Waals surface area contributed by atoms with Gasteiger partial charge in [0.15, 0.2) is 5.69 Å². The summed E-state index contributed by atoms with van der Waals surface area (Å²) in [5, 5.41) is 3.11. The van der Waals surface area contributed by atoms with Crippen molar-refractivity contribution in [2.45, 2.75) is 32.1 Å². The van der Waals surface area contributed by atoms with Crippen molar-refractivity contribution in [2.24, 2.45) is 0 Å². The first kappa shape index (κ1) is 11.9. The second-order valence-corrected chi connectivity index (χ2v) is 4.71. The van der Waals surface area contributed by atoms with Crippen LogP contribution in [0.2, 0.25) is 0 Å². The highest BCUT2D eigenvalue weighted by atomic mass is 79.9. The predicted molar refractivity (Wildman–Crippen MR) is 56.1 cm³/mol. The van der Waals surface area contributed by atoms with E-state index in [1.165, 1.54) is 0 Å². The minimum atomic E-state index is -4.41. The number of halogens is 4. The Bertz CT molecular complexity index is 413. The highest BCUT2D eigenvalue weighted by molar-refractivity contribution is 9.10. The summed E-state index contributed by atoms with van der Waals surface area (Å²) in [6, 6.07) is -0.201. The first-order valence-corrected chi connectivity index (χ1v) is 5.70. The molecular weight excluding hydrogens is 287 g/mol. The van der Waals surface area contributed by atoms with Gasteiger partial charge in [-0.1, -0.05) is 0 Å². The number of nitrogens with zero attached hydrogens (tertiary/aromatic N) is 2. The molecule has 0 saturated carbocycles. The second-order valence-electron chi connectivity index (χ2n) is 3.96. The number of hydrogen-bond donors (Lipinski definition) is 1. The molecule has 2 atom stereocenters. The largest absolute Gasteiger partial charge is 0.436 e. The molecular formula is C9H11BrF3N3. The van der Waals surface area contributed by atoms with Crippen molar-refractivity contribution < 1.29 is 13.2 Å². The fourth-order valence-electron chi connectivity index (χ4n) is 1.86. The fourth-order valence-corrected chi connectivity index (χ4v) is 2.71. The van der Waals surface area contributed by atoms with Gasteiger partial charge in [0.1, 0.15) is 10.4 Å². The van der Waals surface area contributed by atoms with Gasteiger partial charge in [-0.25, -0.2) is 4.98 Å². The Morgan fingerprint density at radius 1 is 1.44 bits per heavy atom. The third-order valence-electron chi connectivity index (χ3n) is 2.70. The topological polar surface area (TPSA) is 29.9 Å². The van der Waals surface area contributed by atoms with Crippen LogP contribution in [0.4, 0.5) is 13.2 Å². The molecule has 0 aromatic carbocycles. The van der Waals surface area contributed by atoms with Gasteiger partial charge in [0.05, 0.1) is 6.04 Å². The Kier molecular flexibility index (Phi) is 2.78. The van der Waals surface area contributed by atoms with E-state index in [0.29, 0.717) is 12.4 Å². The molecule has 0 amide bonds. The Hall–Kier alpha value is -0.560. The van der Waals surface area contributed by atoms with E-state index >= 15 is 0 Å². The molecule has 0 radical (unpaired) electrons. The maximum absolute atomic E-state index is 12.7. The van der Waals surface area contributed by atoms with Crippen LogP contribution in [0.15, 0.2) is 4.60 Å². The number of fused-ring (bicyclic) bond motifs is 1. The van der Waals surface area contributed by atoms with Crippen molar-refractivity contribution in [2.75, 3.05) is 6.54 Å². The van der Waals surface area contributed by atoms with E-state index in [0.717, 1.165) is 0 Å². The monoisotopic (exact) mass is 297 g/mol. The van der Waals surface area contributed by atoms with E-state index in [2.05, 4.69) is 26.2 Å². The third-order valence-corrected chi connectivity index (χ3v) is 3.45. The first-order chi connectivity index (χ1) is 7.32. The molecule has 1 aliphatic heterocycles. The van der Waals surface area contributed by atoms with Gasteiger partial charge in [0.25, 0.3) is 0 Å². The zero-order chi connectivity index (χ0) is 12.1. The average molecular weight is 298 g/mol. The second kappa shape index (κ2) is 3.73. The molecule has 0 bridgehead atoms. The Morgan fingerprint density at radius 2 is 2.06 bits per heavy atom. The van der Waals surface area contributed by atoms with Crippen LogP contribution in [-0.2, 0) is 6.18 Å². The highest BCUT2D eigenvalue weighted by Gasteiger charge is 2.40. The molecule has 1 aromatic rings. The van der Waals surface area contributed by atoms with Gasteiger partial charge in [-0.05, 0) is 29.8 Å². The average Bonchev–Trinajstić information content (AvgIpc) is 2.51. The van der Waals surface area contributed by atoms with E-state index in [4.69, 9.17) is 0 Å². The molecule has 1 N–H and O–H groups in total. The normalized spacial score (nSPS) is 25.6. The van der Waals surface area contributed by atoms with Crippen LogP contribution in [-0.4, -0.2) is 16.1 Å². The number of imidazole rings is 1. The van der Waals surface area contributed by atoms with Gasteiger partial charge in [-0.3, -0.25) is 0 Å². The fraction of sp³-hybridized carbons (Fsp3) is 0.667. The van der Waals surface area contributed by atoms with Gasteiger partial charge in [-0.2, -0.15) is 13.2 Å². The summed E-state index contributed by atoms with van der Waals surface area (Å²) in [5.74, 6) is 0.429. The zero-order valence-corrected chi connectivity index (χ0v) is 10.4. The van der Waals surface area contributed by atoms with Crippen molar-refractivity contribution >= 4 is 15.9 Å². The highest BCUT2D eigenvalue weighted by Crippen LogP contribution is 2.38. The van der Waals surface area contributed by atoms with Gasteiger partial charge >= 0.3 is 6.18 Å². The van der Waals surface area contributed by atoms with Crippen LogP contribution in [0.5, 0.6) is 0 Å². The van der Waals surface area contributed by atoms with Crippen LogP contribution in [0.3, 0.4) is 0 Å². The molecule has 90 valence electrons. The summed E-state index contributed by atoms with van der Waals surface area (Å²) in [6.07, 6.45) is -4.41. The van der Waals surface area contributed by atoms with Crippen molar-refractivity contribution in [3.63, 3.8) is 0 Å². The molecule has 0 saturated heterocycles. The minimum absolute atomic E-state index is 0.0239. The standard InChI is InChI=1S/C9H11BrF3N3/c1-4-3-14-5(2)8-15-6(9(11,12)13)7(10)16(4)8/h4-5,14H,3H2,1-2H3/t4-,5-/m1/s1. The van der Waals surface area contributed by atoms with Crippen LogP contribution in [0, 0.1) is 0 Å². The lowest BCUT2D eigenvalue weighted by Crippen LogP contribution is -2.34. The minimum Gasteiger partial charge on any atom is -0.317 e. The van der Waals surface area contributed by atoms with Crippen molar-refractivity contribution in [1.29, 1.82) is 0 Å². The first-order valence-electron chi connectivity index (χ1n) is 4.90. The maximum Gasteiger partial charge on any atom is 0.436 e. The Balaban J connectivity index is 2.58. The van der Waals surface area contributed by atoms with Gasteiger partial charge in [-0.15, -0.1) is 0 Å². The predicted octanol–water partition coefficient (Wildman–Crippen LogP) is 2.89. The van der Waals surface area contributed by atoms with E-state index in [9.17, 15) is 13.2 Å². The van der Waals surface area contributed by atoms with Crippen LogP contribution >= 0.6 is 15.9 Å². The molecule has 3 nitrogen and oxygen atoms in total. The summed E-state index contributed by atoms with van der Waals surface area (Å²) in [6.45, 7) is 4.30. The SMILES string of the molecule is C[C@@H]1CN[C@H](C)c2nc(C(F)(F)F)c(Br)n21. The Morgan fingerprint density at radius 3 is 2.56 bits per heavy atom. The van der Waals surface area contributed by atoms with Crippen LogP contribution < -0.4 is 5.32 Å². The smallest absolute Gasteiger partial charge is 0.317 e. The van der Waals surface area contributed by atoms with Crippen LogP contribution in [0.1, 0.15) is 37.4 Å². The lowest BCUT2D eigenvalue weighted by molar-refractivity contribution is -0.141. The van der Waals surface area contributed by atoms with Crippen molar-refractivity contribution in [3.8, 4) is 0 Å². The van der Waals surface area contributed by atoms with E-state index in [1.54, 1.807) is 11.5 Å². The number of aromatic nitrogens is 2. The zero-order valence-electron chi connectivity index (χ0n) is 8.77. The number of rotatable bonds is 0. The molecule has 0 unspecified atom stereocenters. The summed E-state index contributed by atoms with van der Waals surface area (Å²) < 4.78 is 39.6. The number of nitrogens with one attached hydrogen (secondary N) is 1. The van der Waals surface area contributed by atoms with Gasteiger partial charge in [0.2, 0.25) is 0 Å². The van der Waals surface area contributed by atoms with E-state index in [1.807, 2.05) is 6.92 Å². The number of hydrogen-bond acceptors (Lipinski definition) is 2. The van der Waals surface area contributed by atoms with Crippen LogP contribution in [0.25, 0.3) is 0 Å². The third kappa shape index (κ3) is 1.75. The van der Waals surface area contributed by atoms with Crippen molar-refractivity contribution in [3.05, 3.63) is 16.1 Å². The molecule has 1 aromatic heterocycles. The molecule has 0 spiro atoms. The molecule has 16 heavy (non-hydrogen) atoms. The molecule has 2 heterocycles. The summed E-state index contributed by atoms with van der Waals surface area (Å²) in [4.78, 5) is 3.68. The van der Waals surface area contributed by atoms with Crippen molar-refractivity contribution in [1.82, 2.24) is 14.9 Å². The molecule has 0 aliphatic carbocycles. The van der Waals surface area contributed by atoms with E-state index in [-0.39, 0.29) is 16.7 Å². The molecule has 7 heteroatoms. The van der Waals surface area contributed by atoms with Gasteiger partial charge in [0, 0.05) is 12.6 Å². The van der Waals surface area contributed by atoms with E-state index < -0.39 is 11.9 Å². The molecule has 0 fully saturated rings. The quantitative estimate of drug-likeness (QED) is 0.798. The lowest BCUT2D eigenvalue weighted by Gasteiger charge is -2.28. The Labute approximate surface area is 99.2 Å². The summed E-state index contributed by atoms with van der Waals surface area (Å²) >= 11 is 2.99.